The second-order valence-electron chi connectivity index (χ2n) is 4.60. The molecule has 5 heteroatoms. The molecule has 0 aliphatic rings. The van der Waals surface area contributed by atoms with Crippen molar-refractivity contribution < 1.29 is 9.47 Å². The molecule has 0 bridgehead atoms. The molecule has 0 heterocycles. The summed E-state index contributed by atoms with van der Waals surface area (Å²) < 4.78 is 11.3. The fourth-order valence-corrected chi connectivity index (χ4v) is 1.87. The van der Waals surface area contributed by atoms with Crippen LogP contribution in [0, 0.1) is 0 Å². The predicted molar refractivity (Wildman–Crippen MR) is 94.8 cm³/mol. The van der Waals surface area contributed by atoms with Crippen LogP contribution in [-0.2, 0) is 0 Å². The Morgan fingerprint density at radius 1 is 0.682 bits per heavy atom. The van der Waals surface area contributed by atoms with Crippen LogP contribution in [0.2, 0.25) is 0 Å². The summed E-state index contributed by atoms with van der Waals surface area (Å²) in [5, 5.41) is 6.15. The van der Waals surface area contributed by atoms with Gasteiger partial charge in [-0.1, -0.05) is 0 Å². The van der Waals surface area contributed by atoms with Crippen molar-refractivity contribution in [3.8, 4) is 11.5 Å². The highest BCUT2D eigenvalue weighted by Gasteiger charge is 1.97. The van der Waals surface area contributed by atoms with Crippen molar-refractivity contribution in [2.45, 2.75) is 6.42 Å². The van der Waals surface area contributed by atoms with E-state index in [1.165, 1.54) is 0 Å². The molecule has 2 N–H and O–H groups in total. The number of hydrogen-bond donors (Lipinski definition) is 2. The van der Waals surface area contributed by atoms with Gasteiger partial charge in [0.05, 0.1) is 13.2 Å². The van der Waals surface area contributed by atoms with Crippen LogP contribution in [0.4, 0.5) is 11.4 Å². The summed E-state index contributed by atoms with van der Waals surface area (Å²) in [4.78, 5) is 0. The Labute approximate surface area is 138 Å². The highest BCUT2D eigenvalue weighted by Crippen LogP contribution is 2.16. The number of hydrogen-bond acceptors (Lipinski definition) is 4. The lowest BCUT2D eigenvalue weighted by molar-refractivity contribution is 0.247. The average molecular weight is 323 g/mol. The number of halogens is 1. The van der Waals surface area contributed by atoms with Gasteiger partial charge in [0.25, 0.3) is 0 Å². The summed E-state index contributed by atoms with van der Waals surface area (Å²) >= 11 is 0. The maximum atomic E-state index is 5.66. The second-order valence-corrected chi connectivity index (χ2v) is 4.60. The predicted octanol–water partition coefficient (Wildman–Crippen LogP) is 4.04. The number of anilines is 2. The van der Waals surface area contributed by atoms with Crippen LogP contribution in [0.5, 0.6) is 11.5 Å². The van der Waals surface area contributed by atoms with E-state index >= 15 is 0 Å². The summed E-state index contributed by atoms with van der Waals surface area (Å²) in [5.74, 6) is 1.76. The van der Waals surface area contributed by atoms with Crippen molar-refractivity contribution >= 4 is 23.8 Å². The van der Waals surface area contributed by atoms with E-state index in [0.717, 1.165) is 29.3 Å². The molecule has 2 rings (SSSR count). The summed E-state index contributed by atoms with van der Waals surface area (Å²) in [7, 11) is 3.80. The molecule has 0 unspecified atom stereocenters. The molecule has 0 amide bonds. The maximum Gasteiger partial charge on any atom is 0.119 e. The van der Waals surface area contributed by atoms with Crippen molar-refractivity contribution in [3.63, 3.8) is 0 Å². The molecule has 120 valence electrons. The van der Waals surface area contributed by atoms with Crippen molar-refractivity contribution in [2.24, 2.45) is 0 Å². The van der Waals surface area contributed by atoms with Crippen LogP contribution in [-0.4, -0.2) is 27.3 Å². The van der Waals surface area contributed by atoms with Crippen LogP contribution in [0.1, 0.15) is 6.42 Å². The van der Waals surface area contributed by atoms with E-state index in [9.17, 15) is 0 Å². The Morgan fingerprint density at radius 3 is 1.36 bits per heavy atom. The van der Waals surface area contributed by atoms with Gasteiger partial charge in [0, 0.05) is 31.9 Å². The van der Waals surface area contributed by atoms with Crippen molar-refractivity contribution in [2.75, 3.05) is 37.9 Å². The van der Waals surface area contributed by atoms with Crippen molar-refractivity contribution in [3.05, 3.63) is 48.5 Å². The first kappa shape index (κ1) is 18.0. The topological polar surface area (TPSA) is 42.5 Å². The van der Waals surface area contributed by atoms with Crippen LogP contribution in [0.25, 0.3) is 0 Å². The van der Waals surface area contributed by atoms with E-state index < -0.39 is 0 Å². The van der Waals surface area contributed by atoms with Gasteiger partial charge in [0.2, 0.25) is 0 Å². The zero-order valence-electron chi connectivity index (χ0n) is 13.0. The van der Waals surface area contributed by atoms with Gasteiger partial charge in [-0.15, -0.1) is 12.4 Å². The summed E-state index contributed by atoms with van der Waals surface area (Å²) in [6.07, 6.45) is 0.849. The quantitative estimate of drug-likeness (QED) is 0.720. The lowest BCUT2D eigenvalue weighted by Gasteiger charge is -2.09. The molecule has 2 aromatic carbocycles. The Bertz CT molecular complexity index is 480. The van der Waals surface area contributed by atoms with E-state index in [1.807, 2.05) is 62.6 Å². The highest BCUT2D eigenvalue weighted by molar-refractivity contribution is 5.85. The van der Waals surface area contributed by atoms with Gasteiger partial charge in [0.1, 0.15) is 11.5 Å². The molecular formula is C17H23ClN2O2. The van der Waals surface area contributed by atoms with Gasteiger partial charge >= 0.3 is 0 Å². The van der Waals surface area contributed by atoms with Crippen LogP contribution >= 0.6 is 12.4 Å². The maximum absolute atomic E-state index is 5.66. The number of nitrogens with one attached hydrogen (secondary N) is 2. The van der Waals surface area contributed by atoms with E-state index in [1.54, 1.807) is 0 Å². The van der Waals surface area contributed by atoms with Crippen LogP contribution in [0.3, 0.4) is 0 Å². The fraction of sp³-hybridized carbons (Fsp3) is 0.294. The van der Waals surface area contributed by atoms with Crippen molar-refractivity contribution in [1.82, 2.24) is 0 Å². The van der Waals surface area contributed by atoms with E-state index in [0.29, 0.717) is 13.2 Å². The third kappa shape index (κ3) is 5.74. The summed E-state index contributed by atoms with van der Waals surface area (Å²) in [5.41, 5.74) is 2.16. The Morgan fingerprint density at radius 2 is 1.05 bits per heavy atom. The van der Waals surface area contributed by atoms with E-state index in [4.69, 9.17) is 9.47 Å². The minimum Gasteiger partial charge on any atom is -0.493 e. The van der Waals surface area contributed by atoms with Gasteiger partial charge in [-0.3, -0.25) is 0 Å². The third-order valence-electron chi connectivity index (χ3n) is 3.11. The minimum atomic E-state index is 0. The molecule has 0 spiro atoms. The van der Waals surface area contributed by atoms with E-state index in [-0.39, 0.29) is 12.4 Å². The number of ether oxygens (including phenoxy) is 2. The van der Waals surface area contributed by atoms with Gasteiger partial charge in [-0.05, 0) is 48.5 Å². The van der Waals surface area contributed by atoms with Crippen molar-refractivity contribution in [1.29, 1.82) is 0 Å². The average Bonchev–Trinajstić information content (AvgIpc) is 2.55. The van der Waals surface area contributed by atoms with Crippen LogP contribution in [0.15, 0.2) is 48.5 Å². The summed E-state index contributed by atoms with van der Waals surface area (Å²) in [6, 6.07) is 15.8. The molecule has 0 saturated heterocycles. The molecule has 0 atom stereocenters. The van der Waals surface area contributed by atoms with Gasteiger partial charge < -0.3 is 20.1 Å². The third-order valence-corrected chi connectivity index (χ3v) is 3.11. The first-order chi connectivity index (χ1) is 10.3. The first-order valence-electron chi connectivity index (χ1n) is 7.13. The number of rotatable bonds is 8. The molecule has 2 aromatic rings. The standard InChI is InChI=1S/C17H22N2O2.ClH/c1-18-14-4-8-16(9-5-14)20-12-3-13-21-17-10-6-15(19-2)7-11-17;/h4-11,18-19H,3,12-13H2,1-2H3;1H. The largest absolute Gasteiger partial charge is 0.493 e. The zero-order chi connectivity index (χ0) is 14.9. The Kier molecular flexibility index (Phi) is 8.00. The molecule has 0 aliphatic carbocycles. The second kappa shape index (κ2) is 9.79. The lowest BCUT2D eigenvalue weighted by atomic mass is 10.3. The van der Waals surface area contributed by atoms with E-state index in [2.05, 4.69) is 10.6 Å². The molecule has 4 nitrogen and oxygen atoms in total. The monoisotopic (exact) mass is 322 g/mol. The molecular weight excluding hydrogens is 300 g/mol. The zero-order valence-corrected chi connectivity index (χ0v) is 13.8. The Balaban J connectivity index is 0.00000242. The Hall–Kier alpha value is -2.07. The first-order valence-corrected chi connectivity index (χ1v) is 7.13. The molecule has 0 radical (unpaired) electrons. The minimum absolute atomic E-state index is 0. The molecule has 0 aromatic heterocycles. The highest BCUT2D eigenvalue weighted by atomic mass is 35.5. The smallest absolute Gasteiger partial charge is 0.119 e. The number of benzene rings is 2. The van der Waals surface area contributed by atoms with Gasteiger partial charge in [-0.25, -0.2) is 0 Å². The molecule has 22 heavy (non-hydrogen) atoms. The molecule has 0 aliphatic heterocycles. The molecule has 0 fully saturated rings. The normalized spacial score (nSPS) is 9.55. The van der Waals surface area contributed by atoms with Gasteiger partial charge in [-0.2, -0.15) is 0 Å². The summed E-state index contributed by atoms with van der Waals surface area (Å²) in [6.45, 7) is 1.29. The molecule has 0 saturated carbocycles. The van der Waals surface area contributed by atoms with Crippen LogP contribution < -0.4 is 20.1 Å². The SMILES string of the molecule is CNc1ccc(OCCCOc2ccc(NC)cc2)cc1.Cl. The fourth-order valence-electron chi connectivity index (χ4n) is 1.87. The lowest BCUT2D eigenvalue weighted by Crippen LogP contribution is -2.05. The van der Waals surface area contributed by atoms with Gasteiger partial charge in [0.15, 0.2) is 0 Å².